The number of imidazole rings is 1. The Morgan fingerprint density at radius 2 is 2.19 bits per heavy atom. The molecule has 1 N–H and O–H groups in total. The third kappa shape index (κ3) is 2.16. The maximum atomic E-state index is 11.1. The minimum absolute atomic E-state index is 0.538. The molecule has 1 aromatic heterocycles. The SMILES string of the molecule is CCn1cnc2cc(NS(C)(=O)=O)ccc21. The Kier molecular flexibility index (Phi) is 2.59. The van der Waals surface area contributed by atoms with Crippen LogP contribution in [0.25, 0.3) is 11.0 Å². The number of rotatable bonds is 3. The number of fused-ring (bicyclic) bond motifs is 1. The zero-order valence-electron chi connectivity index (χ0n) is 9.14. The average Bonchev–Trinajstić information content (AvgIpc) is 2.57. The van der Waals surface area contributed by atoms with E-state index in [9.17, 15) is 8.42 Å². The largest absolute Gasteiger partial charge is 0.331 e. The van der Waals surface area contributed by atoms with Gasteiger partial charge in [-0.3, -0.25) is 4.72 Å². The number of benzene rings is 1. The van der Waals surface area contributed by atoms with Crippen molar-refractivity contribution in [2.45, 2.75) is 13.5 Å². The van der Waals surface area contributed by atoms with Crippen molar-refractivity contribution in [3.63, 3.8) is 0 Å². The molecule has 2 rings (SSSR count). The number of sulfonamides is 1. The maximum absolute atomic E-state index is 11.1. The molecule has 0 radical (unpaired) electrons. The lowest BCUT2D eigenvalue weighted by molar-refractivity contribution is 0.607. The first-order valence-corrected chi connectivity index (χ1v) is 6.81. The van der Waals surface area contributed by atoms with E-state index in [-0.39, 0.29) is 0 Å². The summed E-state index contributed by atoms with van der Waals surface area (Å²) in [6.07, 6.45) is 2.87. The van der Waals surface area contributed by atoms with Crippen LogP contribution in [0.2, 0.25) is 0 Å². The van der Waals surface area contributed by atoms with E-state index in [4.69, 9.17) is 0 Å². The van der Waals surface area contributed by atoms with E-state index in [1.165, 1.54) is 0 Å². The molecule has 0 fully saturated rings. The number of anilines is 1. The molecule has 0 aliphatic rings. The highest BCUT2D eigenvalue weighted by molar-refractivity contribution is 7.92. The van der Waals surface area contributed by atoms with Crippen LogP contribution in [0, 0.1) is 0 Å². The topological polar surface area (TPSA) is 64.0 Å². The van der Waals surface area contributed by atoms with Crippen LogP contribution >= 0.6 is 0 Å². The van der Waals surface area contributed by atoms with Crippen LogP contribution in [0.3, 0.4) is 0 Å². The van der Waals surface area contributed by atoms with Crippen LogP contribution in [0.15, 0.2) is 24.5 Å². The summed E-state index contributed by atoms with van der Waals surface area (Å²) >= 11 is 0. The van der Waals surface area contributed by atoms with Crippen LogP contribution in [0.5, 0.6) is 0 Å². The number of hydrogen-bond donors (Lipinski definition) is 1. The second kappa shape index (κ2) is 3.79. The molecule has 1 heterocycles. The molecule has 86 valence electrons. The molecule has 0 atom stereocenters. The molecule has 0 aliphatic carbocycles. The standard InChI is InChI=1S/C10H13N3O2S/c1-3-13-7-11-9-6-8(4-5-10(9)13)12-16(2,14)15/h4-7,12H,3H2,1-2H3. The molecule has 2 aromatic rings. The highest BCUT2D eigenvalue weighted by Gasteiger charge is 2.05. The predicted molar refractivity (Wildman–Crippen MR) is 63.9 cm³/mol. The van der Waals surface area contributed by atoms with E-state index in [1.807, 2.05) is 17.6 Å². The summed E-state index contributed by atoms with van der Waals surface area (Å²) in [6, 6.07) is 5.32. The normalized spacial score (nSPS) is 11.9. The highest BCUT2D eigenvalue weighted by Crippen LogP contribution is 2.18. The van der Waals surface area contributed by atoms with Crippen molar-refractivity contribution >= 4 is 26.7 Å². The van der Waals surface area contributed by atoms with Gasteiger partial charge in [-0.05, 0) is 25.1 Å². The van der Waals surface area contributed by atoms with Crippen molar-refractivity contribution in [1.82, 2.24) is 9.55 Å². The molecule has 0 spiro atoms. The lowest BCUT2D eigenvalue weighted by atomic mass is 10.3. The average molecular weight is 239 g/mol. The fraction of sp³-hybridized carbons (Fsp3) is 0.300. The van der Waals surface area contributed by atoms with Crippen LogP contribution < -0.4 is 4.72 Å². The Morgan fingerprint density at radius 1 is 1.44 bits per heavy atom. The molecule has 6 heteroatoms. The first-order valence-electron chi connectivity index (χ1n) is 4.92. The predicted octanol–water partition coefficient (Wildman–Crippen LogP) is 1.43. The van der Waals surface area contributed by atoms with Crippen molar-refractivity contribution in [2.75, 3.05) is 11.0 Å². The summed E-state index contributed by atoms with van der Waals surface area (Å²) in [5.74, 6) is 0. The second-order valence-corrected chi connectivity index (χ2v) is 5.36. The van der Waals surface area contributed by atoms with Gasteiger partial charge < -0.3 is 4.57 Å². The number of nitrogens with zero attached hydrogens (tertiary/aromatic N) is 2. The quantitative estimate of drug-likeness (QED) is 0.881. The van der Waals surface area contributed by atoms with E-state index in [0.717, 1.165) is 23.8 Å². The third-order valence-corrected chi connectivity index (χ3v) is 2.87. The number of hydrogen-bond acceptors (Lipinski definition) is 3. The third-order valence-electron chi connectivity index (χ3n) is 2.26. The van der Waals surface area contributed by atoms with E-state index in [0.29, 0.717) is 5.69 Å². The molecular formula is C10H13N3O2S. The first kappa shape index (κ1) is 10.9. The molecule has 0 bridgehead atoms. The summed E-state index contributed by atoms with van der Waals surface area (Å²) in [4.78, 5) is 4.21. The molecule has 5 nitrogen and oxygen atoms in total. The Balaban J connectivity index is 2.45. The summed E-state index contributed by atoms with van der Waals surface area (Å²) in [5.41, 5.74) is 2.33. The van der Waals surface area contributed by atoms with Crippen molar-refractivity contribution in [3.8, 4) is 0 Å². The lowest BCUT2D eigenvalue weighted by Crippen LogP contribution is -2.09. The molecular weight excluding hydrogens is 226 g/mol. The van der Waals surface area contributed by atoms with E-state index >= 15 is 0 Å². The molecule has 0 saturated heterocycles. The van der Waals surface area contributed by atoms with Crippen molar-refractivity contribution < 1.29 is 8.42 Å². The van der Waals surface area contributed by atoms with Gasteiger partial charge in [-0.25, -0.2) is 13.4 Å². The van der Waals surface area contributed by atoms with Gasteiger partial charge in [0, 0.05) is 6.54 Å². The molecule has 0 saturated carbocycles. The summed E-state index contributed by atoms with van der Waals surface area (Å²) in [7, 11) is -3.23. The van der Waals surface area contributed by atoms with Gasteiger partial charge in [-0.15, -0.1) is 0 Å². The van der Waals surface area contributed by atoms with Crippen LogP contribution in [0.4, 0.5) is 5.69 Å². The zero-order valence-corrected chi connectivity index (χ0v) is 9.95. The maximum Gasteiger partial charge on any atom is 0.229 e. The molecule has 16 heavy (non-hydrogen) atoms. The van der Waals surface area contributed by atoms with Gasteiger partial charge in [0.2, 0.25) is 10.0 Å². The minimum atomic E-state index is -3.23. The van der Waals surface area contributed by atoms with Gasteiger partial charge in [0.25, 0.3) is 0 Å². The van der Waals surface area contributed by atoms with Gasteiger partial charge in [-0.1, -0.05) is 0 Å². The first-order chi connectivity index (χ1) is 7.49. The van der Waals surface area contributed by atoms with Crippen LogP contribution in [-0.2, 0) is 16.6 Å². The molecule has 0 unspecified atom stereocenters. The minimum Gasteiger partial charge on any atom is -0.331 e. The highest BCUT2D eigenvalue weighted by atomic mass is 32.2. The van der Waals surface area contributed by atoms with Gasteiger partial charge >= 0.3 is 0 Å². The van der Waals surface area contributed by atoms with Gasteiger partial charge in [0.05, 0.1) is 29.3 Å². The van der Waals surface area contributed by atoms with E-state index < -0.39 is 10.0 Å². The van der Waals surface area contributed by atoms with Crippen LogP contribution in [0.1, 0.15) is 6.92 Å². The Morgan fingerprint density at radius 3 is 2.81 bits per heavy atom. The summed E-state index contributed by atoms with van der Waals surface area (Å²) in [5, 5.41) is 0. The number of aryl methyl sites for hydroxylation is 1. The van der Waals surface area contributed by atoms with Gasteiger partial charge in [0.15, 0.2) is 0 Å². The van der Waals surface area contributed by atoms with Crippen molar-refractivity contribution in [1.29, 1.82) is 0 Å². The van der Waals surface area contributed by atoms with Crippen molar-refractivity contribution in [3.05, 3.63) is 24.5 Å². The van der Waals surface area contributed by atoms with Gasteiger partial charge in [0.1, 0.15) is 0 Å². The van der Waals surface area contributed by atoms with Gasteiger partial charge in [-0.2, -0.15) is 0 Å². The van der Waals surface area contributed by atoms with Crippen LogP contribution in [-0.4, -0.2) is 24.2 Å². The van der Waals surface area contributed by atoms with E-state index in [2.05, 4.69) is 9.71 Å². The fourth-order valence-corrected chi connectivity index (χ4v) is 2.15. The monoisotopic (exact) mass is 239 g/mol. The summed E-state index contributed by atoms with van der Waals surface area (Å²) in [6.45, 7) is 2.87. The Labute approximate surface area is 94.2 Å². The number of aromatic nitrogens is 2. The molecule has 0 aliphatic heterocycles. The van der Waals surface area contributed by atoms with Crippen molar-refractivity contribution in [2.24, 2.45) is 0 Å². The zero-order chi connectivity index (χ0) is 11.8. The molecule has 0 amide bonds. The van der Waals surface area contributed by atoms with E-state index in [1.54, 1.807) is 18.5 Å². The lowest BCUT2D eigenvalue weighted by Gasteiger charge is -2.04. The fourth-order valence-electron chi connectivity index (χ4n) is 1.59. The molecule has 1 aromatic carbocycles. The number of nitrogens with one attached hydrogen (secondary N) is 1. The summed E-state index contributed by atoms with van der Waals surface area (Å²) < 4.78 is 26.5. The Hall–Kier alpha value is -1.56. The Bertz CT molecular complexity index is 616. The smallest absolute Gasteiger partial charge is 0.229 e. The second-order valence-electron chi connectivity index (χ2n) is 3.61.